The van der Waals surface area contributed by atoms with E-state index in [-0.39, 0.29) is 6.10 Å². The molecule has 0 amide bonds. The van der Waals surface area contributed by atoms with Crippen LogP contribution in [0.4, 0.5) is 0 Å². The molecule has 1 fully saturated rings. The minimum absolute atomic E-state index is 0.111. The average molecular weight is 190 g/mol. The van der Waals surface area contributed by atoms with Crippen LogP contribution in [0.25, 0.3) is 0 Å². The highest BCUT2D eigenvalue weighted by Crippen LogP contribution is 2.33. The van der Waals surface area contributed by atoms with Crippen LogP contribution >= 0.6 is 0 Å². The number of rotatable bonds is 3. The molecule has 1 aliphatic rings. The smallest absolute Gasteiger partial charge is 0.0568 e. The molecular formula is C9H18O2S. The van der Waals surface area contributed by atoms with Gasteiger partial charge in [-0.25, -0.2) is 0 Å². The van der Waals surface area contributed by atoms with Crippen molar-refractivity contribution in [1.29, 1.82) is 0 Å². The van der Waals surface area contributed by atoms with Crippen LogP contribution in [0.2, 0.25) is 0 Å². The Bertz CT molecular complexity index is 170. The molecular weight excluding hydrogens is 172 g/mol. The van der Waals surface area contributed by atoms with Crippen LogP contribution in [0.3, 0.4) is 0 Å². The zero-order chi connectivity index (χ0) is 9.14. The average Bonchev–Trinajstić information content (AvgIpc) is 2.30. The van der Waals surface area contributed by atoms with Crippen molar-refractivity contribution < 1.29 is 9.32 Å². The Morgan fingerprint density at radius 2 is 2.17 bits per heavy atom. The molecule has 0 aliphatic heterocycles. The van der Waals surface area contributed by atoms with Crippen LogP contribution in [0.15, 0.2) is 0 Å². The van der Waals surface area contributed by atoms with E-state index in [1.54, 1.807) is 6.26 Å². The molecule has 1 aliphatic carbocycles. The van der Waals surface area contributed by atoms with Gasteiger partial charge in [0, 0.05) is 22.8 Å². The Kier molecular flexibility index (Phi) is 3.72. The van der Waals surface area contributed by atoms with Crippen molar-refractivity contribution in [3.63, 3.8) is 0 Å². The fourth-order valence-corrected chi connectivity index (χ4v) is 2.58. The molecule has 12 heavy (non-hydrogen) atoms. The Morgan fingerprint density at radius 1 is 1.50 bits per heavy atom. The molecule has 0 spiro atoms. The molecule has 1 saturated carbocycles. The van der Waals surface area contributed by atoms with Gasteiger partial charge in [-0.3, -0.25) is 4.21 Å². The first kappa shape index (κ1) is 10.2. The highest BCUT2D eigenvalue weighted by atomic mass is 32.2. The SMILES string of the molecule is CC1C(O)CCC1CCS(C)=O. The van der Waals surface area contributed by atoms with Crippen LogP contribution in [0, 0.1) is 11.8 Å². The van der Waals surface area contributed by atoms with E-state index >= 15 is 0 Å². The summed E-state index contributed by atoms with van der Waals surface area (Å²) in [6.45, 7) is 2.10. The van der Waals surface area contributed by atoms with Crippen molar-refractivity contribution in [3.05, 3.63) is 0 Å². The third-order valence-corrected chi connectivity index (χ3v) is 3.77. The van der Waals surface area contributed by atoms with E-state index in [2.05, 4.69) is 6.92 Å². The van der Waals surface area contributed by atoms with Gasteiger partial charge in [0.25, 0.3) is 0 Å². The van der Waals surface area contributed by atoms with Crippen molar-refractivity contribution in [3.8, 4) is 0 Å². The number of aliphatic hydroxyl groups is 1. The lowest BCUT2D eigenvalue weighted by atomic mass is 9.95. The molecule has 3 heteroatoms. The van der Waals surface area contributed by atoms with Gasteiger partial charge in [0.2, 0.25) is 0 Å². The van der Waals surface area contributed by atoms with E-state index in [1.807, 2.05) is 0 Å². The zero-order valence-electron chi connectivity index (χ0n) is 7.82. The van der Waals surface area contributed by atoms with Crippen LogP contribution in [-0.4, -0.2) is 27.4 Å². The minimum atomic E-state index is -0.669. The molecule has 2 nitrogen and oxygen atoms in total. The van der Waals surface area contributed by atoms with Gasteiger partial charge < -0.3 is 5.11 Å². The summed E-state index contributed by atoms with van der Waals surface area (Å²) in [5.74, 6) is 1.80. The first-order valence-corrected chi connectivity index (χ1v) is 6.32. The molecule has 0 heterocycles. The summed E-state index contributed by atoms with van der Waals surface area (Å²) in [6.07, 6.45) is 4.69. The molecule has 0 aromatic carbocycles. The van der Waals surface area contributed by atoms with E-state index in [9.17, 15) is 9.32 Å². The number of aliphatic hydroxyl groups excluding tert-OH is 1. The second kappa shape index (κ2) is 4.38. The molecule has 0 aromatic heterocycles. The molecule has 1 rings (SSSR count). The standard InChI is InChI=1S/C9H18O2S/c1-7-8(3-4-9(7)10)5-6-12(2)11/h7-10H,3-6H2,1-2H3. The van der Waals surface area contributed by atoms with Crippen molar-refractivity contribution in [1.82, 2.24) is 0 Å². The van der Waals surface area contributed by atoms with Crippen molar-refractivity contribution in [2.75, 3.05) is 12.0 Å². The van der Waals surface area contributed by atoms with Gasteiger partial charge >= 0.3 is 0 Å². The van der Waals surface area contributed by atoms with Gasteiger partial charge in [-0.1, -0.05) is 6.92 Å². The maximum atomic E-state index is 10.8. The van der Waals surface area contributed by atoms with E-state index in [1.165, 1.54) is 0 Å². The first-order chi connectivity index (χ1) is 5.61. The Hall–Kier alpha value is 0.110. The van der Waals surface area contributed by atoms with Crippen LogP contribution in [0.5, 0.6) is 0 Å². The normalized spacial score (nSPS) is 38.4. The van der Waals surface area contributed by atoms with E-state index in [0.29, 0.717) is 11.8 Å². The van der Waals surface area contributed by atoms with Crippen molar-refractivity contribution >= 4 is 10.8 Å². The van der Waals surface area contributed by atoms with E-state index in [4.69, 9.17) is 0 Å². The lowest BCUT2D eigenvalue weighted by Crippen LogP contribution is -2.16. The van der Waals surface area contributed by atoms with Gasteiger partial charge in [0.15, 0.2) is 0 Å². The molecule has 0 bridgehead atoms. The maximum Gasteiger partial charge on any atom is 0.0568 e. The topological polar surface area (TPSA) is 37.3 Å². The molecule has 4 atom stereocenters. The third kappa shape index (κ3) is 2.56. The van der Waals surface area contributed by atoms with Gasteiger partial charge in [-0.15, -0.1) is 0 Å². The summed E-state index contributed by atoms with van der Waals surface area (Å²) in [5, 5.41) is 9.46. The lowest BCUT2D eigenvalue weighted by Gasteiger charge is -2.16. The fraction of sp³-hybridized carbons (Fsp3) is 1.00. The van der Waals surface area contributed by atoms with Crippen LogP contribution in [0.1, 0.15) is 26.2 Å². The number of hydrogen-bond acceptors (Lipinski definition) is 2. The fourth-order valence-electron chi connectivity index (χ4n) is 1.95. The monoisotopic (exact) mass is 190 g/mol. The van der Waals surface area contributed by atoms with Gasteiger partial charge in [0.05, 0.1) is 6.10 Å². The molecule has 1 N–H and O–H groups in total. The Balaban J connectivity index is 2.29. The largest absolute Gasteiger partial charge is 0.393 e. The molecule has 0 radical (unpaired) electrons. The Labute approximate surface area is 76.8 Å². The minimum Gasteiger partial charge on any atom is -0.393 e. The predicted molar refractivity (Wildman–Crippen MR) is 51.4 cm³/mol. The summed E-state index contributed by atoms with van der Waals surface area (Å²) < 4.78 is 10.8. The van der Waals surface area contributed by atoms with Gasteiger partial charge in [-0.2, -0.15) is 0 Å². The molecule has 72 valence electrons. The Morgan fingerprint density at radius 3 is 2.58 bits per heavy atom. The summed E-state index contributed by atoms with van der Waals surface area (Å²) in [7, 11) is -0.669. The summed E-state index contributed by atoms with van der Waals surface area (Å²) in [4.78, 5) is 0. The zero-order valence-corrected chi connectivity index (χ0v) is 8.64. The molecule has 0 saturated heterocycles. The highest BCUT2D eigenvalue weighted by Gasteiger charge is 2.30. The van der Waals surface area contributed by atoms with Crippen LogP contribution in [-0.2, 0) is 10.8 Å². The molecule has 0 aromatic rings. The van der Waals surface area contributed by atoms with Crippen LogP contribution < -0.4 is 0 Å². The predicted octanol–water partition coefficient (Wildman–Crippen LogP) is 1.16. The van der Waals surface area contributed by atoms with E-state index < -0.39 is 10.8 Å². The summed E-state index contributed by atoms with van der Waals surface area (Å²) in [6, 6.07) is 0. The lowest BCUT2D eigenvalue weighted by molar-refractivity contribution is 0.127. The third-order valence-electron chi connectivity index (χ3n) is 2.96. The van der Waals surface area contributed by atoms with Crippen molar-refractivity contribution in [2.45, 2.75) is 32.3 Å². The second-order valence-corrected chi connectivity index (χ2v) is 5.38. The summed E-state index contributed by atoms with van der Waals surface area (Å²) in [5.41, 5.74) is 0. The molecule has 4 unspecified atom stereocenters. The first-order valence-electron chi connectivity index (χ1n) is 4.59. The van der Waals surface area contributed by atoms with Crippen molar-refractivity contribution in [2.24, 2.45) is 11.8 Å². The maximum absolute atomic E-state index is 10.8. The highest BCUT2D eigenvalue weighted by molar-refractivity contribution is 7.84. The second-order valence-electron chi connectivity index (χ2n) is 3.83. The number of hydrogen-bond donors (Lipinski definition) is 1. The van der Waals surface area contributed by atoms with Gasteiger partial charge in [0.1, 0.15) is 0 Å². The van der Waals surface area contributed by atoms with Gasteiger partial charge in [-0.05, 0) is 31.1 Å². The quantitative estimate of drug-likeness (QED) is 0.725. The van der Waals surface area contributed by atoms with E-state index in [0.717, 1.165) is 25.0 Å². The summed E-state index contributed by atoms with van der Waals surface area (Å²) >= 11 is 0.